The van der Waals surface area contributed by atoms with Crippen LogP contribution in [0.4, 0.5) is 0 Å². The lowest BCUT2D eigenvalue weighted by atomic mass is 9.83. The molecular formula is C25H27NO4. The van der Waals surface area contributed by atoms with E-state index in [9.17, 15) is 9.59 Å². The van der Waals surface area contributed by atoms with Crippen molar-refractivity contribution in [1.82, 2.24) is 5.32 Å². The average molecular weight is 405 g/mol. The number of rotatable bonds is 7. The summed E-state index contributed by atoms with van der Waals surface area (Å²) >= 11 is 0. The van der Waals surface area contributed by atoms with Crippen LogP contribution in [-0.4, -0.2) is 11.9 Å². The summed E-state index contributed by atoms with van der Waals surface area (Å²) in [5.41, 5.74) is 4.19. The third-order valence-electron chi connectivity index (χ3n) is 5.15. The second-order valence-electron chi connectivity index (χ2n) is 7.29. The molecule has 0 saturated heterocycles. The molecule has 0 bridgehead atoms. The molecule has 2 aromatic rings. The van der Waals surface area contributed by atoms with Crippen LogP contribution in [0.5, 0.6) is 0 Å². The predicted molar refractivity (Wildman–Crippen MR) is 115 cm³/mol. The molecule has 30 heavy (non-hydrogen) atoms. The zero-order valence-corrected chi connectivity index (χ0v) is 17.6. The Balaban J connectivity index is 1.74. The van der Waals surface area contributed by atoms with Gasteiger partial charge < -0.3 is 14.8 Å². The zero-order chi connectivity index (χ0) is 21.5. The van der Waals surface area contributed by atoms with Crippen molar-refractivity contribution in [2.45, 2.75) is 40.4 Å². The molecule has 0 aliphatic carbocycles. The van der Waals surface area contributed by atoms with Crippen LogP contribution in [0.2, 0.25) is 0 Å². The minimum atomic E-state index is -0.420. The Labute approximate surface area is 177 Å². The van der Waals surface area contributed by atoms with Gasteiger partial charge in [0.15, 0.2) is 0 Å². The van der Waals surface area contributed by atoms with Gasteiger partial charge in [0.2, 0.25) is 0 Å². The van der Waals surface area contributed by atoms with Crippen molar-refractivity contribution in [2.75, 3.05) is 0 Å². The molecule has 0 amide bonds. The summed E-state index contributed by atoms with van der Waals surface area (Å²) in [6, 6.07) is 19.0. The Morgan fingerprint density at radius 2 is 1.17 bits per heavy atom. The van der Waals surface area contributed by atoms with Gasteiger partial charge in [-0.2, -0.15) is 0 Å². The fourth-order valence-corrected chi connectivity index (χ4v) is 3.68. The number of dihydropyridines is 1. The van der Waals surface area contributed by atoms with Gasteiger partial charge in [-0.3, -0.25) is 0 Å². The molecule has 0 radical (unpaired) electrons. The van der Waals surface area contributed by atoms with E-state index in [1.165, 1.54) is 0 Å². The summed E-state index contributed by atoms with van der Waals surface area (Å²) in [6.45, 7) is 5.98. The van der Waals surface area contributed by atoms with E-state index < -0.39 is 11.9 Å². The summed E-state index contributed by atoms with van der Waals surface area (Å²) in [4.78, 5) is 25.8. The van der Waals surface area contributed by atoms with Gasteiger partial charge in [-0.05, 0) is 31.4 Å². The lowest BCUT2D eigenvalue weighted by molar-refractivity contribution is -0.142. The van der Waals surface area contributed by atoms with Gasteiger partial charge in [0.25, 0.3) is 0 Å². The highest BCUT2D eigenvalue weighted by atomic mass is 16.5. The van der Waals surface area contributed by atoms with Gasteiger partial charge in [-0.1, -0.05) is 67.6 Å². The quantitative estimate of drug-likeness (QED) is 0.679. The number of carbonyl (C=O) groups is 2. The first kappa shape index (κ1) is 21.4. The molecule has 1 N–H and O–H groups in total. The Hall–Kier alpha value is -3.34. The molecule has 0 spiro atoms. The van der Waals surface area contributed by atoms with E-state index >= 15 is 0 Å². The first-order valence-corrected chi connectivity index (χ1v) is 10.1. The van der Waals surface area contributed by atoms with Crippen LogP contribution in [0.25, 0.3) is 0 Å². The lowest BCUT2D eigenvalue weighted by Gasteiger charge is -2.29. The van der Waals surface area contributed by atoms with Crippen LogP contribution in [0, 0.1) is 5.92 Å². The molecule has 0 atom stereocenters. The predicted octanol–water partition coefficient (Wildman–Crippen LogP) is 4.65. The van der Waals surface area contributed by atoms with Crippen molar-refractivity contribution in [3.63, 3.8) is 0 Å². The van der Waals surface area contributed by atoms with Crippen molar-refractivity contribution in [3.05, 3.63) is 94.3 Å². The summed E-state index contributed by atoms with van der Waals surface area (Å²) in [5, 5.41) is 3.16. The monoisotopic (exact) mass is 405 g/mol. The smallest absolute Gasteiger partial charge is 0.336 e. The summed E-state index contributed by atoms with van der Waals surface area (Å²) in [7, 11) is 0. The maximum absolute atomic E-state index is 12.9. The Morgan fingerprint density at radius 3 is 1.53 bits per heavy atom. The number of hydrogen-bond donors (Lipinski definition) is 1. The minimum Gasteiger partial charge on any atom is -0.457 e. The largest absolute Gasteiger partial charge is 0.457 e. The van der Waals surface area contributed by atoms with Gasteiger partial charge in [-0.25, -0.2) is 9.59 Å². The minimum absolute atomic E-state index is 0.184. The molecule has 156 valence electrons. The van der Waals surface area contributed by atoms with Gasteiger partial charge in [0.05, 0.1) is 11.1 Å². The Bertz CT molecular complexity index is 884. The maximum atomic E-state index is 12.9. The van der Waals surface area contributed by atoms with Crippen molar-refractivity contribution in [1.29, 1.82) is 0 Å². The van der Waals surface area contributed by atoms with Crippen LogP contribution < -0.4 is 5.32 Å². The van der Waals surface area contributed by atoms with Crippen LogP contribution in [0.3, 0.4) is 0 Å². The molecule has 1 heterocycles. The van der Waals surface area contributed by atoms with Gasteiger partial charge in [-0.15, -0.1) is 0 Å². The average Bonchev–Trinajstić information content (AvgIpc) is 2.76. The highest BCUT2D eigenvalue weighted by Gasteiger charge is 2.35. The second-order valence-corrected chi connectivity index (χ2v) is 7.29. The summed E-state index contributed by atoms with van der Waals surface area (Å²) in [5.74, 6) is -1.22. The number of carbonyl (C=O) groups excluding carboxylic acids is 2. The van der Waals surface area contributed by atoms with E-state index in [-0.39, 0.29) is 19.1 Å². The van der Waals surface area contributed by atoms with Gasteiger partial charge in [0.1, 0.15) is 13.2 Å². The number of esters is 2. The van der Waals surface area contributed by atoms with E-state index in [0.29, 0.717) is 29.0 Å². The first-order valence-electron chi connectivity index (χ1n) is 10.1. The normalized spacial score (nSPS) is 14.4. The second kappa shape index (κ2) is 9.92. The Morgan fingerprint density at radius 1 is 0.767 bits per heavy atom. The van der Waals surface area contributed by atoms with Crippen molar-refractivity contribution in [2.24, 2.45) is 5.92 Å². The first-order chi connectivity index (χ1) is 14.5. The molecule has 5 nitrogen and oxygen atoms in total. The van der Waals surface area contributed by atoms with E-state index in [4.69, 9.17) is 9.47 Å². The van der Waals surface area contributed by atoms with Crippen LogP contribution in [0.15, 0.2) is 83.2 Å². The molecule has 0 saturated carbocycles. The van der Waals surface area contributed by atoms with Crippen molar-refractivity contribution in [3.8, 4) is 0 Å². The highest BCUT2D eigenvalue weighted by molar-refractivity contribution is 5.97. The number of hydrogen-bond acceptors (Lipinski definition) is 5. The lowest BCUT2D eigenvalue weighted by Crippen LogP contribution is -2.33. The molecule has 0 unspecified atom stereocenters. The van der Waals surface area contributed by atoms with E-state index in [2.05, 4.69) is 5.32 Å². The Kier molecular flexibility index (Phi) is 7.07. The number of ether oxygens (including phenoxy) is 2. The molecule has 0 fully saturated rings. The molecule has 3 rings (SSSR count). The summed E-state index contributed by atoms with van der Waals surface area (Å²) < 4.78 is 11.1. The fourth-order valence-electron chi connectivity index (χ4n) is 3.68. The molecular weight excluding hydrogens is 378 g/mol. The summed E-state index contributed by atoms with van der Waals surface area (Å²) in [6.07, 6.45) is 0.585. The molecule has 0 aromatic heterocycles. The molecule has 2 aromatic carbocycles. The maximum Gasteiger partial charge on any atom is 0.336 e. The third-order valence-corrected chi connectivity index (χ3v) is 5.15. The van der Waals surface area contributed by atoms with Crippen molar-refractivity contribution >= 4 is 11.9 Å². The number of nitrogens with one attached hydrogen (secondary N) is 1. The zero-order valence-electron chi connectivity index (χ0n) is 17.6. The standard InChI is InChI=1S/C25H27NO4/c1-4-21-22(24(27)29-15-19-11-7-5-8-12-19)17(2)26-18(3)23(21)25(28)30-16-20-13-9-6-10-14-20/h5-14,21,26H,4,15-16H2,1-3H3. The molecule has 5 heteroatoms. The van der Waals surface area contributed by atoms with E-state index in [0.717, 1.165) is 11.1 Å². The molecule has 1 aliphatic heterocycles. The third kappa shape index (κ3) is 4.98. The van der Waals surface area contributed by atoms with Crippen LogP contribution in [-0.2, 0) is 32.3 Å². The van der Waals surface area contributed by atoms with Crippen LogP contribution >= 0.6 is 0 Å². The van der Waals surface area contributed by atoms with E-state index in [1.807, 2.05) is 81.4 Å². The van der Waals surface area contributed by atoms with E-state index in [1.54, 1.807) is 0 Å². The van der Waals surface area contributed by atoms with Gasteiger partial charge >= 0.3 is 11.9 Å². The SMILES string of the molecule is CCC1C(C(=O)OCc2ccccc2)=C(C)NC(C)=C1C(=O)OCc1ccccc1. The number of allylic oxidation sites excluding steroid dienone is 2. The topological polar surface area (TPSA) is 64.6 Å². The fraction of sp³-hybridized carbons (Fsp3) is 0.280. The molecule has 1 aliphatic rings. The van der Waals surface area contributed by atoms with Crippen LogP contribution in [0.1, 0.15) is 38.3 Å². The highest BCUT2D eigenvalue weighted by Crippen LogP contribution is 2.34. The number of benzene rings is 2. The van der Waals surface area contributed by atoms with Gasteiger partial charge in [0, 0.05) is 17.3 Å². The van der Waals surface area contributed by atoms with Crippen molar-refractivity contribution < 1.29 is 19.1 Å².